The molecule has 1 saturated carbocycles. The van der Waals surface area contributed by atoms with Crippen molar-refractivity contribution in [1.29, 1.82) is 0 Å². The topological polar surface area (TPSA) is 35.5 Å². The number of rotatable bonds is 7. The van der Waals surface area contributed by atoms with E-state index in [1.54, 1.807) is 0 Å². The zero-order chi connectivity index (χ0) is 14.3. The predicted molar refractivity (Wildman–Crippen MR) is 80.7 cm³/mol. The first-order valence-corrected chi connectivity index (χ1v) is 10.5. The molecule has 0 saturated heterocycles. The Bertz CT molecular complexity index is 260. The molecule has 0 radical (unpaired) electrons. The molecule has 0 spiro atoms. The van der Waals surface area contributed by atoms with E-state index >= 15 is 0 Å². The third-order valence-electron chi connectivity index (χ3n) is 4.64. The van der Waals surface area contributed by atoms with E-state index in [0.717, 1.165) is 25.7 Å². The summed E-state index contributed by atoms with van der Waals surface area (Å²) in [5, 5.41) is 0. The lowest BCUT2D eigenvalue weighted by Gasteiger charge is -2.36. The van der Waals surface area contributed by atoms with Gasteiger partial charge in [-0.3, -0.25) is 4.79 Å². The number of hydrogen-bond acceptors (Lipinski definition) is 3. The molecule has 1 aliphatic carbocycles. The number of carbonyl (C=O) groups excluding carboxylic acids is 1. The van der Waals surface area contributed by atoms with Gasteiger partial charge >= 0.3 is 5.97 Å². The van der Waals surface area contributed by atoms with Crippen LogP contribution in [0.4, 0.5) is 0 Å². The van der Waals surface area contributed by atoms with Gasteiger partial charge in [-0.15, -0.1) is 0 Å². The van der Waals surface area contributed by atoms with Crippen molar-refractivity contribution in [3.8, 4) is 0 Å². The summed E-state index contributed by atoms with van der Waals surface area (Å²) in [5.74, 6) is 0.103. The van der Waals surface area contributed by atoms with Crippen LogP contribution in [0.1, 0.15) is 53.4 Å². The van der Waals surface area contributed by atoms with Crippen LogP contribution >= 0.6 is 0 Å². The van der Waals surface area contributed by atoms with Gasteiger partial charge in [0.25, 0.3) is 0 Å². The van der Waals surface area contributed by atoms with Crippen molar-refractivity contribution < 1.29 is 14.0 Å². The van der Waals surface area contributed by atoms with Gasteiger partial charge in [0.2, 0.25) is 0 Å². The maximum absolute atomic E-state index is 11.7. The second-order valence-electron chi connectivity index (χ2n) is 5.59. The Labute approximate surface area is 119 Å². The average molecular weight is 286 g/mol. The second-order valence-corrected chi connectivity index (χ2v) is 10.3. The summed E-state index contributed by atoms with van der Waals surface area (Å²) >= 11 is 0. The fourth-order valence-corrected chi connectivity index (χ4v) is 5.97. The summed E-state index contributed by atoms with van der Waals surface area (Å²) < 4.78 is 11.6. The molecule has 19 heavy (non-hydrogen) atoms. The van der Waals surface area contributed by atoms with Gasteiger partial charge in [0.15, 0.2) is 8.32 Å². The Morgan fingerprint density at radius 3 is 1.95 bits per heavy atom. The van der Waals surface area contributed by atoms with Gasteiger partial charge in [-0.1, -0.05) is 20.8 Å². The molecule has 4 heteroatoms. The Balaban J connectivity index is 2.43. The predicted octanol–water partition coefficient (Wildman–Crippen LogP) is 4.13. The Morgan fingerprint density at radius 1 is 1.00 bits per heavy atom. The normalized spacial score (nSPS) is 24.2. The largest absolute Gasteiger partial charge is 0.466 e. The first kappa shape index (κ1) is 16.7. The summed E-state index contributed by atoms with van der Waals surface area (Å²) in [6.07, 6.45) is 4.31. The van der Waals surface area contributed by atoms with Gasteiger partial charge in [0.05, 0.1) is 12.5 Å². The Morgan fingerprint density at radius 2 is 1.53 bits per heavy atom. The van der Waals surface area contributed by atoms with Crippen molar-refractivity contribution in [2.45, 2.75) is 77.6 Å². The third kappa shape index (κ3) is 4.60. The SMILES string of the molecule is CCOC(=O)C1CCC(O[Si](CC)(CC)CC)CC1. The molecule has 0 aromatic heterocycles. The molecule has 0 unspecified atom stereocenters. The zero-order valence-corrected chi connectivity index (χ0v) is 14.0. The van der Waals surface area contributed by atoms with Crippen LogP contribution in [0, 0.1) is 5.92 Å². The molecule has 0 amide bonds. The Kier molecular flexibility index (Phi) is 7.08. The molecular formula is C15H30O3Si. The van der Waals surface area contributed by atoms with E-state index in [2.05, 4.69) is 20.8 Å². The molecule has 0 atom stereocenters. The van der Waals surface area contributed by atoms with E-state index in [0.29, 0.717) is 12.7 Å². The summed E-state index contributed by atoms with van der Waals surface area (Å²) in [4.78, 5) is 11.7. The number of carbonyl (C=O) groups is 1. The lowest BCUT2D eigenvalue weighted by molar-refractivity contribution is -0.149. The minimum atomic E-state index is -1.49. The highest BCUT2D eigenvalue weighted by atomic mass is 28.4. The van der Waals surface area contributed by atoms with Crippen molar-refractivity contribution >= 4 is 14.3 Å². The van der Waals surface area contributed by atoms with Gasteiger partial charge in [0, 0.05) is 6.10 Å². The summed E-state index contributed by atoms with van der Waals surface area (Å²) in [7, 11) is -1.49. The van der Waals surface area contributed by atoms with E-state index in [4.69, 9.17) is 9.16 Å². The van der Waals surface area contributed by atoms with Gasteiger partial charge < -0.3 is 9.16 Å². The highest BCUT2D eigenvalue weighted by molar-refractivity contribution is 6.73. The van der Waals surface area contributed by atoms with Gasteiger partial charge in [-0.05, 0) is 50.7 Å². The monoisotopic (exact) mass is 286 g/mol. The lowest BCUT2D eigenvalue weighted by Crippen LogP contribution is -2.41. The summed E-state index contributed by atoms with van der Waals surface area (Å²) in [6, 6.07) is 3.62. The van der Waals surface area contributed by atoms with Crippen LogP contribution in [0.3, 0.4) is 0 Å². The van der Waals surface area contributed by atoms with Gasteiger partial charge in [-0.2, -0.15) is 0 Å². The van der Waals surface area contributed by atoms with Crippen LogP contribution in [0.5, 0.6) is 0 Å². The van der Waals surface area contributed by atoms with Crippen LogP contribution < -0.4 is 0 Å². The second kappa shape index (κ2) is 8.05. The van der Waals surface area contributed by atoms with Crippen LogP contribution in [-0.2, 0) is 14.0 Å². The van der Waals surface area contributed by atoms with Crippen molar-refractivity contribution in [3.05, 3.63) is 0 Å². The van der Waals surface area contributed by atoms with E-state index < -0.39 is 8.32 Å². The van der Waals surface area contributed by atoms with Crippen LogP contribution in [0.15, 0.2) is 0 Å². The smallest absolute Gasteiger partial charge is 0.308 e. The van der Waals surface area contributed by atoms with E-state index in [1.807, 2.05) is 6.92 Å². The molecule has 1 rings (SSSR count). The maximum Gasteiger partial charge on any atom is 0.308 e. The van der Waals surface area contributed by atoms with Crippen LogP contribution in [-0.4, -0.2) is 27.0 Å². The highest BCUT2D eigenvalue weighted by Crippen LogP contribution is 2.32. The molecule has 0 aliphatic heterocycles. The molecular weight excluding hydrogens is 256 g/mol. The number of ether oxygens (including phenoxy) is 1. The minimum Gasteiger partial charge on any atom is -0.466 e. The molecule has 1 fully saturated rings. The first-order chi connectivity index (χ1) is 9.10. The summed E-state index contributed by atoms with van der Waals surface area (Å²) in [5.41, 5.74) is 0. The molecule has 0 aromatic carbocycles. The number of hydrogen-bond donors (Lipinski definition) is 0. The standard InChI is InChI=1S/C15H30O3Si/c1-5-17-15(16)13-9-11-14(12-10-13)18-19(6-2,7-3)8-4/h13-14H,5-12H2,1-4H3. The quantitative estimate of drug-likeness (QED) is 0.521. The summed E-state index contributed by atoms with van der Waals surface area (Å²) in [6.45, 7) is 9.17. The van der Waals surface area contributed by atoms with Gasteiger partial charge in [-0.25, -0.2) is 0 Å². The molecule has 3 nitrogen and oxygen atoms in total. The first-order valence-electron chi connectivity index (χ1n) is 7.95. The lowest BCUT2D eigenvalue weighted by atomic mass is 9.87. The highest BCUT2D eigenvalue weighted by Gasteiger charge is 2.35. The molecule has 0 aromatic rings. The van der Waals surface area contributed by atoms with E-state index in [9.17, 15) is 4.79 Å². The molecule has 112 valence electrons. The van der Waals surface area contributed by atoms with Crippen LogP contribution in [0.2, 0.25) is 18.1 Å². The maximum atomic E-state index is 11.7. The van der Waals surface area contributed by atoms with Crippen molar-refractivity contribution in [3.63, 3.8) is 0 Å². The van der Waals surface area contributed by atoms with E-state index in [1.165, 1.54) is 18.1 Å². The van der Waals surface area contributed by atoms with E-state index in [-0.39, 0.29) is 11.9 Å². The fourth-order valence-electron chi connectivity index (χ4n) is 3.03. The minimum absolute atomic E-state index is 0.00840. The van der Waals surface area contributed by atoms with Crippen LogP contribution in [0.25, 0.3) is 0 Å². The molecule has 1 aliphatic rings. The van der Waals surface area contributed by atoms with Crippen molar-refractivity contribution in [2.24, 2.45) is 5.92 Å². The molecule has 0 bridgehead atoms. The van der Waals surface area contributed by atoms with Crippen molar-refractivity contribution in [1.82, 2.24) is 0 Å². The molecule has 0 heterocycles. The molecule has 0 N–H and O–H groups in total. The zero-order valence-electron chi connectivity index (χ0n) is 13.0. The van der Waals surface area contributed by atoms with Gasteiger partial charge in [0.1, 0.15) is 0 Å². The average Bonchev–Trinajstić information content (AvgIpc) is 2.46. The fraction of sp³-hybridized carbons (Fsp3) is 0.933. The third-order valence-corrected chi connectivity index (χ3v) is 9.34. The Hall–Kier alpha value is -0.353. The van der Waals surface area contributed by atoms with Crippen molar-refractivity contribution in [2.75, 3.05) is 6.61 Å². The number of esters is 1.